The molecule has 2 nitrogen and oxygen atoms in total. The van der Waals surface area contributed by atoms with Crippen LogP contribution in [0.15, 0.2) is 0 Å². The average molecular weight is 225 g/mol. The first kappa shape index (κ1) is 13.7. The van der Waals surface area contributed by atoms with Gasteiger partial charge in [-0.05, 0) is 45.1 Å². The molecule has 1 saturated heterocycles. The minimum Gasteiger partial charge on any atom is -0.303 e. The average Bonchev–Trinajstić information content (AvgIpc) is 2.14. The number of carbonyl (C=O) groups excluding carboxylic acids is 1. The summed E-state index contributed by atoms with van der Waals surface area (Å²) in [5.41, 5.74) is 0.404. The third kappa shape index (κ3) is 3.89. The van der Waals surface area contributed by atoms with E-state index >= 15 is 0 Å². The highest BCUT2D eigenvalue weighted by Gasteiger charge is 2.30. The minimum atomic E-state index is 0.288. The van der Waals surface area contributed by atoms with Crippen LogP contribution in [0.25, 0.3) is 0 Å². The van der Waals surface area contributed by atoms with Crippen LogP contribution >= 0.6 is 0 Å². The Balaban J connectivity index is 2.50. The van der Waals surface area contributed by atoms with E-state index in [1.807, 2.05) is 0 Å². The van der Waals surface area contributed by atoms with Crippen molar-refractivity contribution >= 4 is 6.29 Å². The number of aldehydes is 1. The van der Waals surface area contributed by atoms with E-state index in [4.69, 9.17) is 0 Å². The van der Waals surface area contributed by atoms with E-state index in [0.717, 1.165) is 25.7 Å². The second-order valence-corrected chi connectivity index (χ2v) is 6.61. The Morgan fingerprint density at radius 3 is 2.06 bits per heavy atom. The molecule has 16 heavy (non-hydrogen) atoms. The van der Waals surface area contributed by atoms with Crippen LogP contribution in [0.2, 0.25) is 0 Å². The van der Waals surface area contributed by atoms with Crippen molar-refractivity contribution in [2.75, 3.05) is 6.54 Å². The number of nitrogens with zero attached hydrogens (tertiary/aromatic N) is 1. The van der Waals surface area contributed by atoms with E-state index < -0.39 is 0 Å². The topological polar surface area (TPSA) is 20.3 Å². The van der Waals surface area contributed by atoms with Gasteiger partial charge in [0.25, 0.3) is 0 Å². The monoisotopic (exact) mass is 225 g/mol. The second kappa shape index (κ2) is 5.31. The first-order valence-electron chi connectivity index (χ1n) is 6.54. The summed E-state index contributed by atoms with van der Waals surface area (Å²) in [5, 5.41) is 0. The third-order valence-corrected chi connectivity index (χ3v) is 3.73. The van der Waals surface area contributed by atoms with Gasteiger partial charge >= 0.3 is 0 Å². The molecule has 0 amide bonds. The number of rotatable bonds is 3. The summed E-state index contributed by atoms with van der Waals surface area (Å²) in [5.74, 6) is 0.288. The molecule has 0 aliphatic carbocycles. The lowest BCUT2D eigenvalue weighted by Gasteiger charge is -2.42. The van der Waals surface area contributed by atoms with Gasteiger partial charge in [0, 0.05) is 18.0 Å². The molecule has 1 rings (SSSR count). The molecule has 94 valence electrons. The Bertz CT molecular complexity index is 219. The van der Waals surface area contributed by atoms with Gasteiger partial charge in [0.2, 0.25) is 0 Å². The molecule has 0 N–H and O–H groups in total. The van der Waals surface area contributed by atoms with E-state index in [-0.39, 0.29) is 5.92 Å². The van der Waals surface area contributed by atoms with Crippen LogP contribution < -0.4 is 0 Å². The molecule has 0 bridgehead atoms. The van der Waals surface area contributed by atoms with Crippen LogP contribution in [-0.4, -0.2) is 29.8 Å². The molecule has 0 aromatic carbocycles. The smallest absolute Gasteiger partial charge is 0.123 e. The van der Waals surface area contributed by atoms with Crippen molar-refractivity contribution in [2.24, 2.45) is 11.3 Å². The zero-order chi connectivity index (χ0) is 12.3. The SMILES string of the molecule is C[C@@H]1CC(C=O)C[C@@H](C)N1CCC(C)(C)C. The Kier molecular flexibility index (Phi) is 4.54. The van der Waals surface area contributed by atoms with Crippen LogP contribution in [0, 0.1) is 11.3 Å². The molecule has 0 aromatic heterocycles. The highest BCUT2D eigenvalue weighted by Crippen LogP contribution is 2.28. The molecule has 2 atom stereocenters. The number of piperidine rings is 1. The summed E-state index contributed by atoms with van der Waals surface area (Å²) in [6.07, 6.45) is 4.46. The summed E-state index contributed by atoms with van der Waals surface area (Å²) in [4.78, 5) is 13.4. The molecule has 1 aliphatic heterocycles. The largest absolute Gasteiger partial charge is 0.303 e. The zero-order valence-electron chi connectivity index (χ0n) is 11.5. The summed E-state index contributed by atoms with van der Waals surface area (Å²) < 4.78 is 0. The van der Waals surface area contributed by atoms with E-state index in [9.17, 15) is 4.79 Å². The zero-order valence-corrected chi connectivity index (χ0v) is 11.5. The van der Waals surface area contributed by atoms with Gasteiger partial charge in [-0.3, -0.25) is 4.90 Å². The van der Waals surface area contributed by atoms with Crippen LogP contribution in [0.1, 0.15) is 53.9 Å². The van der Waals surface area contributed by atoms with E-state index in [1.54, 1.807) is 0 Å². The van der Waals surface area contributed by atoms with Gasteiger partial charge in [-0.1, -0.05) is 20.8 Å². The van der Waals surface area contributed by atoms with Crippen molar-refractivity contribution < 1.29 is 4.79 Å². The Morgan fingerprint density at radius 1 is 1.19 bits per heavy atom. The first-order valence-corrected chi connectivity index (χ1v) is 6.54. The second-order valence-electron chi connectivity index (χ2n) is 6.61. The van der Waals surface area contributed by atoms with Gasteiger partial charge in [0.05, 0.1) is 0 Å². The predicted octanol–water partition coefficient (Wildman–Crippen LogP) is 3.11. The standard InChI is InChI=1S/C14H27NO/c1-11-8-13(10-16)9-12(2)15(11)7-6-14(3,4)5/h10-13H,6-9H2,1-5H3/t11-,12-/m1/s1. The maximum absolute atomic E-state index is 10.9. The fraction of sp³-hybridized carbons (Fsp3) is 0.929. The molecule has 0 spiro atoms. The van der Waals surface area contributed by atoms with Crippen LogP contribution in [0.4, 0.5) is 0 Å². The molecule has 0 saturated carbocycles. The van der Waals surface area contributed by atoms with Crippen LogP contribution in [-0.2, 0) is 4.79 Å². The Morgan fingerprint density at radius 2 is 1.69 bits per heavy atom. The first-order chi connectivity index (χ1) is 7.33. The quantitative estimate of drug-likeness (QED) is 0.688. The van der Waals surface area contributed by atoms with Crippen molar-refractivity contribution in [3.05, 3.63) is 0 Å². The summed E-state index contributed by atoms with van der Waals surface area (Å²) in [7, 11) is 0. The lowest BCUT2D eigenvalue weighted by atomic mass is 9.86. The van der Waals surface area contributed by atoms with Crippen molar-refractivity contribution in [2.45, 2.75) is 66.0 Å². The number of carbonyl (C=O) groups is 1. The fourth-order valence-electron chi connectivity index (χ4n) is 2.69. The minimum absolute atomic E-state index is 0.288. The molecule has 0 unspecified atom stereocenters. The molecule has 1 aliphatic rings. The number of hydrogen-bond acceptors (Lipinski definition) is 2. The fourth-order valence-corrected chi connectivity index (χ4v) is 2.69. The Hall–Kier alpha value is -0.370. The maximum Gasteiger partial charge on any atom is 0.123 e. The summed E-state index contributed by atoms with van der Waals surface area (Å²) >= 11 is 0. The molecule has 0 radical (unpaired) electrons. The van der Waals surface area contributed by atoms with Crippen molar-refractivity contribution in [3.8, 4) is 0 Å². The van der Waals surface area contributed by atoms with Crippen LogP contribution in [0.3, 0.4) is 0 Å². The van der Waals surface area contributed by atoms with E-state index in [0.29, 0.717) is 17.5 Å². The van der Waals surface area contributed by atoms with Gasteiger partial charge in [0.15, 0.2) is 0 Å². The molecular formula is C14H27NO. The van der Waals surface area contributed by atoms with Gasteiger partial charge in [-0.15, -0.1) is 0 Å². The van der Waals surface area contributed by atoms with Crippen molar-refractivity contribution in [3.63, 3.8) is 0 Å². The van der Waals surface area contributed by atoms with Gasteiger partial charge in [-0.2, -0.15) is 0 Å². The predicted molar refractivity (Wildman–Crippen MR) is 68.5 cm³/mol. The maximum atomic E-state index is 10.9. The van der Waals surface area contributed by atoms with Gasteiger partial charge < -0.3 is 4.79 Å². The summed E-state index contributed by atoms with van der Waals surface area (Å²) in [6.45, 7) is 12.6. The van der Waals surface area contributed by atoms with Crippen LogP contribution in [0.5, 0.6) is 0 Å². The van der Waals surface area contributed by atoms with E-state index in [1.165, 1.54) is 6.42 Å². The number of likely N-dealkylation sites (tertiary alicyclic amines) is 1. The van der Waals surface area contributed by atoms with Gasteiger partial charge in [-0.25, -0.2) is 0 Å². The van der Waals surface area contributed by atoms with Crippen molar-refractivity contribution in [1.29, 1.82) is 0 Å². The lowest BCUT2D eigenvalue weighted by Crippen LogP contribution is -2.47. The molecule has 1 heterocycles. The third-order valence-electron chi connectivity index (χ3n) is 3.73. The van der Waals surface area contributed by atoms with E-state index in [2.05, 4.69) is 39.5 Å². The number of hydrogen-bond donors (Lipinski definition) is 0. The molecule has 2 heteroatoms. The summed E-state index contributed by atoms with van der Waals surface area (Å²) in [6, 6.07) is 1.11. The van der Waals surface area contributed by atoms with Crippen molar-refractivity contribution in [1.82, 2.24) is 4.90 Å². The molecule has 0 aromatic rings. The molecule has 1 fully saturated rings. The van der Waals surface area contributed by atoms with Gasteiger partial charge in [0.1, 0.15) is 6.29 Å². The highest BCUT2D eigenvalue weighted by atomic mass is 16.1. The Labute approximate surface area is 100 Å². The highest BCUT2D eigenvalue weighted by molar-refractivity contribution is 5.53. The lowest BCUT2D eigenvalue weighted by molar-refractivity contribution is -0.113. The molecular weight excluding hydrogens is 198 g/mol. The normalized spacial score (nSPS) is 32.7.